The van der Waals surface area contributed by atoms with E-state index >= 15 is 0 Å². The molecule has 0 amide bonds. The fourth-order valence-corrected chi connectivity index (χ4v) is 1.55. The van der Waals surface area contributed by atoms with E-state index in [0.717, 1.165) is 22.8 Å². The molecule has 0 saturated heterocycles. The molecule has 4 heteroatoms. The van der Waals surface area contributed by atoms with Gasteiger partial charge in [0.25, 0.3) is 0 Å². The first-order valence-electron chi connectivity index (χ1n) is 5.63. The van der Waals surface area contributed by atoms with Crippen LogP contribution in [0, 0.1) is 13.8 Å². The summed E-state index contributed by atoms with van der Waals surface area (Å²) in [5.74, 6) is 0.796. The zero-order chi connectivity index (χ0) is 12.3. The van der Waals surface area contributed by atoms with E-state index in [9.17, 15) is 0 Å². The average Bonchev–Trinajstić information content (AvgIpc) is 2.35. The van der Waals surface area contributed by atoms with Crippen LogP contribution < -0.4 is 5.32 Å². The topological polar surface area (TPSA) is 50.7 Å². The summed E-state index contributed by atoms with van der Waals surface area (Å²) in [5, 5.41) is 3.31. The largest absolute Gasteiger partial charge is 0.362 e. The molecule has 2 rings (SSSR count). The number of hydrogen-bond donors (Lipinski definition) is 1. The molecule has 0 radical (unpaired) electrons. The van der Waals surface area contributed by atoms with Gasteiger partial charge < -0.3 is 5.32 Å². The third-order valence-corrected chi connectivity index (χ3v) is 2.74. The molecule has 17 heavy (non-hydrogen) atoms. The number of rotatable bonds is 3. The van der Waals surface area contributed by atoms with Gasteiger partial charge >= 0.3 is 0 Å². The third-order valence-electron chi connectivity index (χ3n) is 2.74. The molecular formula is C13H16N4. The van der Waals surface area contributed by atoms with E-state index in [2.05, 4.69) is 27.2 Å². The molecule has 1 N–H and O–H groups in total. The zero-order valence-corrected chi connectivity index (χ0v) is 10.3. The fraction of sp³-hybridized carbons (Fsp3) is 0.308. The van der Waals surface area contributed by atoms with Crippen LogP contribution in [0.5, 0.6) is 0 Å². The van der Waals surface area contributed by atoms with Gasteiger partial charge in [-0.1, -0.05) is 6.07 Å². The van der Waals surface area contributed by atoms with Gasteiger partial charge in [0.2, 0.25) is 0 Å². The van der Waals surface area contributed by atoms with Gasteiger partial charge in [0.15, 0.2) is 0 Å². The summed E-state index contributed by atoms with van der Waals surface area (Å²) >= 11 is 0. The summed E-state index contributed by atoms with van der Waals surface area (Å²) in [7, 11) is 0. The second-order valence-corrected chi connectivity index (χ2v) is 4.08. The van der Waals surface area contributed by atoms with Crippen molar-refractivity contribution in [3.05, 3.63) is 47.7 Å². The van der Waals surface area contributed by atoms with E-state index in [-0.39, 0.29) is 6.04 Å². The van der Waals surface area contributed by atoms with Crippen molar-refractivity contribution in [3.8, 4) is 0 Å². The average molecular weight is 228 g/mol. The first-order valence-corrected chi connectivity index (χ1v) is 5.63. The quantitative estimate of drug-likeness (QED) is 0.877. The van der Waals surface area contributed by atoms with Gasteiger partial charge in [0.1, 0.15) is 5.82 Å². The van der Waals surface area contributed by atoms with Gasteiger partial charge in [-0.15, -0.1) is 0 Å². The number of aromatic nitrogens is 3. The van der Waals surface area contributed by atoms with Crippen LogP contribution in [0.25, 0.3) is 0 Å². The van der Waals surface area contributed by atoms with Gasteiger partial charge in [0, 0.05) is 12.4 Å². The zero-order valence-electron chi connectivity index (χ0n) is 10.3. The fourth-order valence-electron chi connectivity index (χ4n) is 1.55. The lowest BCUT2D eigenvalue weighted by atomic mass is 10.1. The van der Waals surface area contributed by atoms with Crippen LogP contribution in [0.1, 0.15) is 29.9 Å². The Morgan fingerprint density at radius 2 is 2.00 bits per heavy atom. The Hall–Kier alpha value is -1.97. The molecule has 0 saturated carbocycles. The van der Waals surface area contributed by atoms with Crippen molar-refractivity contribution in [3.63, 3.8) is 0 Å². The monoisotopic (exact) mass is 228 g/mol. The molecule has 0 spiro atoms. The van der Waals surface area contributed by atoms with Crippen LogP contribution in [0.3, 0.4) is 0 Å². The normalized spacial score (nSPS) is 12.2. The highest BCUT2D eigenvalue weighted by molar-refractivity contribution is 5.36. The summed E-state index contributed by atoms with van der Waals surface area (Å²) in [4.78, 5) is 12.8. The van der Waals surface area contributed by atoms with Crippen molar-refractivity contribution in [1.29, 1.82) is 0 Å². The highest BCUT2D eigenvalue weighted by atomic mass is 15.0. The van der Waals surface area contributed by atoms with Crippen molar-refractivity contribution in [2.45, 2.75) is 26.8 Å². The van der Waals surface area contributed by atoms with Crippen LogP contribution in [-0.2, 0) is 0 Å². The Morgan fingerprint density at radius 1 is 1.18 bits per heavy atom. The molecular weight excluding hydrogens is 212 g/mol. The van der Waals surface area contributed by atoms with Crippen LogP contribution in [0.4, 0.5) is 5.82 Å². The number of hydrogen-bond acceptors (Lipinski definition) is 4. The summed E-state index contributed by atoms with van der Waals surface area (Å²) in [5.41, 5.74) is 3.05. The van der Waals surface area contributed by atoms with Gasteiger partial charge in [-0.05, 0) is 32.4 Å². The van der Waals surface area contributed by atoms with E-state index < -0.39 is 0 Å². The second-order valence-electron chi connectivity index (χ2n) is 4.08. The smallest absolute Gasteiger partial charge is 0.145 e. The first-order chi connectivity index (χ1) is 8.16. The van der Waals surface area contributed by atoms with Gasteiger partial charge in [-0.25, -0.2) is 4.98 Å². The molecule has 4 nitrogen and oxygen atoms in total. The standard InChI is InChI=1S/C13H16N4/c1-9-10(2)16-13(8-15-9)17-11(3)12-5-4-6-14-7-12/h4-8,11H,1-3H3,(H,16,17). The number of nitrogens with one attached hydrogen (secondary N) is 1. The van der Waals surface area contributed by atoms with Gasteiger partial charge in [-0.3, -0.25) is 9.97 Å². The van der Waals surface area contributed by atoms with Crippen molar-refractivity contribution >= 4 is 5.82 Å². The molecule has 0 bridgehead atoms. The minimum atomic E-state index is 0.167. The van der Waals surface area contributed by atoms with E-state index in [1.54, 1.807) is 12.4 Å². The SMILES string of the molecule is Cc1ncc(NC(C)c2cccnc2)nc1C. The number of aryl methyl sites for hydroxylation is 2. The molecule has 0 aromatic carbocycles. The Morgan fingerprint density at radius 3 is 2.65 bits per heavy atom. The molecule has 0 aliphatic rings. The molecule has 0 aliphatic carbocycles. The molecule has 2 aromatic heterocycles. The van der Waals surface area contributed by atoms with Crippen molar-refractivity contribution in [1.82, 2.24) is 15.0 Å². The Balaban J connectivity index is 2.13. The summed E-state index contributed by atoms with van der Waals surface area (Å²) in [6.07, 6.45) is 5.38. The van der Waals surface area contributed by atoms with E-state index in [1.807, 2.05) is 32.2 Å². The highest BCUT2D eigenvalue weighted by Crippen LogP contribution is 2.16. The minimum Gasteiger partial charge on any atom is -0.362 e. The molecule has 1 atom stereocenters. The summed E-state index contributed by atoms with van der Waals surface area (Å²) in [6, 6.07) is 4.14. The molecule has 2 heterocycles. The van der Waals surface area contributed by atoms with E-state index in [1.165, 1.54) is 0 Å². The Bertz CT molecular complexity index is 496. The summed E-state index contributed by atoms with van der Waals surface area (Å²) in [6.45, 7) is 5.99. The van der Waals surface area contributed by atoms with Gasteiger partial charge in [-0.2, -0.15) is 0 Å². The van der Waals surface area contributed by atoms with E-state index in [4.69, 9.17) is 0 Å². The number of anilines is 1. The molecule has 88 valence electrons. The first kappa shape index (κ1) is 11.5. The van der Waals surface area contributed by atoms with Crippen molar-refractivity contribution in [2.75, 3.05) is 5.32 Å². The van der Waals surface area contributed by atoms with Crippen LogP contribution in [0.2, 0.25) is 0 Å². The second kappa shape index (κ2) is 4.91. The number of nitrogens with zero attached hydrogens (tertiary/aromatic N) is 3. The Kier molecular flexibility index (Phi) is 3.32. The Labute approximate surface area is 101 Å². The predicted octanol–water partition coefficient (Wildman–Crippen LogP) is 2.66. The number of pyridine rings is 1. The van der Waals surface area contributed by atoms with Crippen molar-refractivity contribution in [2.24, 2.45) is 0 Å². The highest BCUT2D eigenvalue weighted by Gasteiger charge is 2.06. The van der Waals surface area contributed by atoms with Crippen molar-refractivity contribution < 1.29 is 0 Å². The van der Waals surface area contributed by atoms with Crippen LogP contribution >= 0.6 is 0 Å². The van der Waals surface area contributed by atoms with Crippen LogP contribution in [-0.4, -0.2) is 15.0 Å². The van der Waals surface area contributed by atoms with Gasteiger partial charge in [0.05, 0.1) is 23.6 Å². The lowest BCUT2D eigenvalue weighted by molar-refractivity contribution is 0.858. The third kappa shape index (κ3) is 2.78. The molecule has 0 fully saturated rings. The predicted molar refractivity (Wildman–Crippen MR) is 67.8 cm³/mol. The summed E-state index contributed by atoms with van der Waals surface area (Å²) < 4.78 is 0. The molecule has 0 aliphatic heterocycles. The maximum absolute atomic E-state index is 4.44. The van der Waals surface area contributed by atoms with E-state index in [0.29, 0.717) is 0 Å². The lowest BCUT2D eigenvalue weighted by Crippen LogP contribution is -2.09. The lowest BCUT2D eigenvalue weighted by Gasteiger charge is -2.14. The van der Waals surface area contributed by atoms with Crippen LogP contribution in [0.15, 0.2) is 30.7 Å². The molecule has 1 unspecified atom stereocenters. The molecule has 2 aromatic rings. The maximum Gasteiger partial charge on any atom is 0.145 e. The maximum atomic E-state index is 4.44. The minimum absolute atomic E-state index is 0.167.